The number of halogens is 4. The van der Waals surface area contributed by atoms with Crippen LogP contribution in [0, 0.1) is 7.14 Å². The molecule has 7 heteroatoms. The van der Waals surface area contributed by atoms with Gasteiger partial charge in [0.15, 0.2) is 0 Å². The molecule has 0 aliphatic rings. The molecule has 0 N–H and O–H groups in total. The fraction of sp³-hybridized carbons (Fsp3) is 0.333. The normalized spacial score (nSPS) is 10.6. The van der Waals surface area contributed by atoms with E-state index in [0.29, 0.717) is 3.57 Å². The van der Waals surface area contributed by atoms with Gasteiger partial charge in [0.05, 0.1) is 13.5 Å². The number of hydrogen-bond donors (Lipinski definition) is 0. The third-order valence-electron chi connectivity index (χ3n) is 1.86. The molecular formula is C9H7F2I2NO2. The quantitative estimate of drug-likeness (QED) is 0.523. The summed E-state index contributed by atoms with van der Waals surface area (Å²) in [7, 11) is 1.22. The number of carbonyl (C=O) groups excluding carboxylic acids is 1. The van der Waals surface area contributed by atoms with Crippen molar-refractivity contribution < 1.29 is 18.3 Å². The van der Waals surface area contributed by atoms with Crippen LogP contribution >= 0.6 is 45.2 Å². The Hall–Kier alpha value is -0.0600. The second kappa shape index (κ2) is 6.03. The van der Waals surface area contributed by atoms with Crippen LogP contribution in [0.15, 0.2) is 6.20 Å². The van der Waals surface area contributed by atoms with Crippen molar-refractivity contribution in [2.24, 2.45) is 0 Å². The zero-order valence-corrected chi connectivity index (χ0v) is 12.5. The van der Waals surface area contributed by atoms with Gasteiger partial charge in [0, 0.05) is 18.9 Å². The van der Waals surface area contributed by atoms with Crippen molar-refractivity contribution in [3.8, 4) is 0 Å². The van der Waals surface area contributed by atoms with Gasteiger partial charge in [-0.1, -0.05) is 0 Å². The number of methoxy groups -OCH3 is 1. The molecule has 1 aromatic rings. The maximum Gasteiger partial charge on any atom is 0.310 e. The van der Waals surface area contributed by atoms with E-state index in [1.165, 1.54) is 13.3 Å². The third kappa shape index (κ3) is 3.22. The lowest BCUT2D eigenvalue weighted by atomic mass is 10.1. The minimum atomic E-state index is -2.69. The number of nitrogens with zero attached hydrogens (tertiary/aromatic N) is 1. The Labute approximate surface area is 118 Å². The van der Waals surface area contributed by atoms with Crippen molar-refractivity contribution in [2.45, 2.75) is 12.8 Å². The summed E-state index contributed by atoms with van der Waals surface area (Å²) < 4.78 is 31.2. The number of pyridine rings is 1. The lowest BCUT2D eigenvalue weighted by Gasteiger charge is -2.10. The molecule has 0 bridgehead atoms. The molecule has 0 spiro atoms. The minimum Gasteiger partial charge on any atom is -0.469 e. The van der Waals surface area contributed by atoms with E-state index in [9.17, 15) is 13.6 Å². The molecule has 3 nitrogen and oxygen atoms in total. The molecule has 1 rings (SSSR count). The summed E-state index contributed by atoms with van der Waals surface area (Å²) in [6.07, 6.45) is -1.51. The molecule has 0 aromatic carbocycles. The average Bonchev–Trinajstić information content (AvgIpc) is 2.24. The summed E-state index contributed by atoms with van der Waals surface area (Å²) in [6.45, 7) is 0. The molecule has 0 amide bonds. The number of alkyl halides is 2. The summed E-state index contributed by atoms with van der Waals surface area (Å²) in [5, 5.41) is 0. The Balaban J connectivity index is 3.20. The van der Waals surface area contributed by atoms with E-state index in [1.54, 1.807) is 0 Å². The monoisotopic (exact) mass is 453 g/mol. The van der Waals surface area contributed by atoms with E-state index in [2.05, 4.69) is 9.72 Å². The molecule has 0 aliphatic carbocycles. The molecule has 0 aliphatic heterocycles. The maximum atomic E-state index is 12.7. The van der Waals surface area contributed by atoms with Crippen molar-refractivity contribution in [3.05, 3.63) is 24.6 Å². The Bertz CT molecular complexity index is 413. The molecule has 88 valence electrons. The van der Waals surface area contributed by atoms with E-state index in [-0.39, 0.29) is 17.7 Å². The molecule has 0 fully saturated rings. The topological polar surface area (TPSA) is 39.2 Å². The van der Waals surface area contributed by atoms with Crippen LogP contribution < -0.4 is 0 Å². The van der Waals surface area contributed by atoms with E-state index in [0.717, 1.165) is 3.57 Å². The first-order chi connectivity index (χ1) is 7.47. The van der Waals surface area contributed by atoms with E-state index < -0.39 is 12.4 Å². The summed E-state index contributed by atoms with van der Waals surface area (Å²) in [6, 6.07) is 0. The molecule has 0 radical (unpaired) electrons. The van der Waals surface area contributed by atoms with E-state index in [1.807, 2.05) is 45.2 Å². The summed E-state index contributed by atoms with van der Waals surface area (Å²) in [5.41, 5.74) is -0.107. The van der Waals surface area contributed by atoms with Crippen LogP contribution in [-0.2, 0) is 16.0 Å². The van der Waals surface area contributed by atoms with Crippen molar-refractivity contribution in [2.75, 3.05) is 7.11 Å². The van der Waals surface area contributed by atoms with Gasteiger partial charge in [-0.15, -0.1) is 0 Å². The van der Waals surface area contributed by atoms with Gasteiger partial charge in [-0.2, -0.15) is 0 Å². The van der Waals surface area contributed by atoms with Gasteiger partial charge >= 0.3 is 5.97 Å². The number of carbonyl (C=O) groups is 1. The molecule has 1 aromatic heterocycles. The average molecular weight is 453 g/mol. The van der Waals surface area contributed by atoms with Crippen LogP contribution in [0.25, 0.3) is 0 Å². The first-order valence-corrected chi connectivity index (χ1v) is 6.30. The Morgan fingerprint density at radius 3 is 2.69 bits per heavy atom. The van der Waals surface area contributed by atoms with Crippen molar-refractivity contribution >= 4 is 51.2 Å². The van der Waals surface area contributed by atoms with Crippen LogP contribution in [-0.4, -0.2) is 18.1 Å². The number of aromatic nitrogens is 1. The van der Waals surface area contributed by atoms with Gasteiger partial charge in [-0.25, -0.2) is 8.78 Å². The highest BCUT2D eigenvalue weighted by atomic mass is 127. The molecule has 1 heterocycles. The van der Waals surface area contributed by atoms with Crippen molar-refractivity contribution in [3.63, 3.8) is 0 Å². The molecule has 0 saturated heterocycles. The standard InChI is InChI=1S/C9H7F2I2NO2/c1-16-6(15)2-4-7(13)5(12)3-14-8(4)9(10)11/h3,9H,2H2,1H3. The summed E-state index contributed by atoms with van der Waals surface area (Å²) in [5.74, 6) is -0.552. The third-order valence-corrected chi connectivity index (χ3v) is 4.94. The number of hydrogen-bond acceptors (Lipinski definition) is 3. The lowest BCUT2D eigenvalue weighted by molar-refractivity contribution is -0.139. The fourth-order valence-corrected chi connectivity index (χ4v) is 2.16. The van der Waals surface area contributed by atoms with Gasteiger partial charge < -0.3 is 4.74 Å². The Kier molecular flexibility index (Phi) is 5.28. The number of ether oxygens (including phenoxy) is 1. The molecule has 0 saturated carbocycles. The number of rotatable bonds is 3. The van der Waals surface area contributed by atoms with Crippen LogP contribution in [0.3, 0.4) is 0 Å². The highest BCUT2D eigenvalue weighted by molar-refractivity contribution is 14.1. The minimum absolute atomic E-state index is 0.182. The van der Waals surface area contributed by atoms with Crippen molar-refractivity contribution in [1.82, 2.24) is 4.98 Å². The smallest absolute Gasteiger partial charge is 0.310 e. The van der Waals surface area contributed by atoms with Gasteiger partial charge in [0.25, 0.3) is 6.43 Å². The van der Waals surface area contributed by atoms with Crippen LogP contribution in [0.1, 0.15) is 17.7 Å². The predicted molar refractivity (Wildman–Crippen MR) is 70.3 cm³/mol. The highest BCUT2D eigenvalue weighted by Crippen LogP contribution is 2.28. The number of esters is 1. The Morgan fingerprint density at radius 2 is 2.19 bits per heavy atom. The first-order valence-electron chi connectivity index (χ1n) is 4.15. The lowest BCUT2D eigenvalue weighted by Crippen LogP contribution is -2.11. The van der Waals surface area contributed by atoms with Crippen LogP contribution in [0.2, 0.25) is 0 Å². The SMILES string of the molecule is COC(=O)Cc1c(C(F)F)ncc(I)c1I. The van der Waals surface area contributed by atoms with Gasteiger partial charge in [0.1, 0.15) is 5.69 Å². The maximum absolute atomic E-state index is 12.7. The van der Waals surface area contributed by atoms with E-state index >= 15 is 0 Å². The summed E-state index contributed by atoms with van der Waals surface area (Å²) >= 11 is 3.91. The van der Waals surface area contributed by atoms with E-state index in [4.69, 9.17) is 0 Å². The fourth-order valence-electron chi connectivity index (χ4n) is 1.09. The zero-order chi connectivity index (χ0) is 12.3. The second-order valence-electron chi connectivity index (χ2n) is 2.84. The molecule has 0 atom stereocenters. The van der Waals surface area contributed by atoms with Crippen LogP contribution in [0.4, 0.5) is 8.78 Å². The van der Waals surface area contributed by atoms with Gasteiger partial charge in [0.2, 0.25) is 0 Å². The van der Waals surface area contributed by atoms with Gasteiger partial charge in [-0.3, -0.25) is 9.78 Å². The molecule has 16 heavy (non-hydrogen) atoms. The molecular weight excluding hydrogens is 446 g/mol. The predicted octanol–water partition coefficient (Wildman–Crippen LogP) is 2.94. The molecule has 0 unspecified atom stereocenters. The van der Waals surface area contributed by atoms with Crippen LogP contribution in [0.5, 0.6) is 0 Å². The largest absolute Gasteiger partial charge is 0.469 e. The Morgan fingerprint density at radius 1 is 1.56 bits per heavy atom. The first kappa shape index (κ1) is 14.0. The summed E-state index contributed by atoms with van der Waals surface area (Å²) in [4.78, 5) is 14.8. The zero-order valence-electron chi connectivity index (χ0n) is 8.14. The second-order valence-corrected chi connectivity index (χ2v) is 5.08. The highest BCUT2D eigenvalue weighted by Gasteiger charge is 2.21. The van der Waals surface area contributed by atoms with Gasteiger partial charge in [-0.05, 0) is 45.2 Å². The van der Waals surface area contributed by atoms with Crippen molar-refractivity contribution in [1.29, 1.82) is 0 Å².